The standard InChI is InChI=1S/C12H26N2S2/c1-12(2)10-13-4-8-15-6-3-7-16-9-5-14-11-12/h13-14H,3-11H2,1-2H3. The summed E-state index contributed by atoms with van der Waals surface area (Å²) in [5.41, 5.74) is 0.374. The predicted molar refractivity (Wildman–Crippen MR) is 78.8 cm³/mol. The minimum atomic E-state index is 0.374. The van der Waals surface area contributed by atoms with E-state index in [9.17, 15) is 0 Å². The number of rotatable bonds is 0. The minimum Gasteiger partial charge on any atom is -0.315 e. The van der Waals surface area contributed by atoms with Crippen LogP contribution in [0.15, 0.2) is 0 Å². The Labute approximate surface area is 109 Å². The summed E-state index contributed by atoms with van der Waals surface area (Å²) < 4.78 is 0. The average Bonchev–Trinajstić information content (AvgIpc) is 2.24. The minimum absolute atomic E-state index is 0.374. The maximum absolute atomic E-state index is 3.56. The van der Waals surface area contributed by atoms with E-state index in [1.807, 2.05) is 0 Å². The van der Waals surface area contributed by atoms with Crippen LogP contribution in [0.2, 0.25) is 0 Å². The van der Waals surface area contributed by atoms with Crippen LogP contribution in [0.4, 0.5) is 0 Å². The van der Waals surface area contributed by atoms with Crippen LogP contribution in [-0.4, -0.2) is 49.2 Å². The molecule has 0 aliphatic carbocycles. The van der Waals surface area contributed by atoms with E-state index in [-0.39, 0.29) is 0 Å². The Balaban J connectivity index is 2.22. The Hall–Kier alpha value is 0.620. The summed E-state index contributed by atoms with van der Waals surface area (Å²) in [6.07, 6.45) is 1.36. The van der Waals surface area contributed by atoms with Gasteiger partial charge in [-0.25, -0.2) is 0 Å². The quantitative estimate of drug-likeness (QED) is 0.698. The van der Waals surface area contributed by atoms with E-state index >= 15 is 0 Å². The van der Waals surface area contributed by atoms with Crippen LogP contribution in [0.25, 0.3) is 0 Å². The molecule has 16 heavy (non-hydrogen) atoms. The number of hydrogen-bond donors (Lipinski definition) is 2. The van der Waals surface area contributed by atoms with Gasteiger partial charge in [0.1, 0.15) is 0 Å². The lowest BCUT2D eigenvalue weighted by atomic mass is 9.93. The van der Waals surface area contributed by atoms with Crippen LogP contribution in [0.5, 0.6) is 0 Å². The van der Waals surface area contributed by atoms with Gasteiger partial charge in [-0.3, -0.25) is 0 Å². The monoisotopic (exact) mass is 262 g/mol. The molecular weight excluding hydrogens is 236 g/mol. The largest absolute Gasteiger partial charge is 0.315 e. The van der Waals surface area contributed by atoms with Gasteiger partial charge in [-0.1, -0.05) is 13.8 Å². The third kappa shape index (κ3) is 7.82. The second kappa shape index (κ2) is 8.67. The van der Waals surface area contributed by atoms with E-state index in [2.05, 4.69) is 48.0 Å². The molecule has 0 aromatic heterocycles. The maximum Gasteiger partial charge on any atom is 0.00581 e. The average molecular weight is 262 g/mol. The Bertz CT molecular complexity index is 158. The van der Waals surface area contributed by atoms with Crippen molar-refractivity contribution in [1.82, 2.24) is 10.6 Å². The summed E-state index contributed by atoms with van der Waals surface area (Å²) in [6, 6.07) is 0. The summed E-state index contributed by atoms with van der Waals surface area (Å²) in [7, 11) is 0. The predicted octanol–water partition coefficient (Wildman–Crippen LogP) is 2.06. The molecule has 1 fully saturated rings. The lowest BCUT2D eigenvalue weighted by Gasteiger charge is -2.25. The van der Waals surface area contributed by atoms with E-state index in [1.54, 1.807) is 0 Å². The molecule has 0 unspecified atom stereocenters. The number of hydrogen-bond acceptors (Lipinski definition) is 4. The number of thioether (sulfide) groups is 2. The van der Waals surface area contributed by atoms with Gasteiger partial charge in [0.05, 0.1) is 0 Å². The molecule has 1 heterocycles. The lowest BCUT2D eigenvalue weighted by molar-refractivity contribution is 0.327. The SMILES string of the molecule is CC1(C)CNCCSCCCSCCNC1. The molecule has 0 aromatic rings. The van der Waals surface area contributed by atoms with Crippen molar-refractivity contribution in [3.63, 3.8) is 0 Å². The summed E-state index contributed by atoms with van der Waals surface area (Å²) >= 11 is 4.18. The Morgan fingerprint density at radius 2 is 1.31 bits per heavy atom. The first-order chi connectivity index (χ1) is 7.71. The highest BCUT2D eigenvalue weighted by Gasteiger charge is 2.16. The van der Waals surface area contributed by atoms with Gasteiger partial charge in [-0.05, 0) is 23.3 Å². The molecule has 1 aliphatic heterocycles. The van der Waals surface area contributed by atoms with Gasteiger partial charge in [0, 0.05) is 37.7 Å². The molecule has 96 valence electrons. The molecule has 0 atom stereocenters. The van der Waals surface area contributed by atoms with Gasteiger partial charge >= 0.3 is 0 Å². The zero-order valence-corrected chi connectivity index (χ0v) is 12.3. The van der Waals surface area contributed by atoms with E-state index < -0.39 is 0 Å². The van der Waals surface area contributed by atoms with Crippen molar-refractivity contribution in [2.45, 2.75) is 20.3 Å². The zero-order chi connectivity index (χ0) is 11.7. The van der Waals surface area contributed by atoms with Gasteiger partial charge in [-0.15, -0.1) is 0 Å². The molecule has 0 aromatic carbocycles. The fourth-order valence-corrected chi connectivity index (χ4v) is 3.54. The van der Waals surface area contributed by atoms with Crippen molar-refractivity contribution in [1.29, 1.82) is 0 Å². The van der Waals surface area contributed by atoms with Crippen molar-refractivity contribution in [2.75, 3.05) is 49.2 Å². The molecule has 0 saturated carbocycles. The summed E-state index contributed by atoms with van der Waals surface area (Å²) in [6.45, 7) is 9.21. The van der Waals surface area contributed by atoms with Crippen LogP contribution >= 0.6 is 23.5 Å². The lowest BCUT2D eigenvalue weighted by Crippen LogP contribution is -2.39. The van der Waals surface area contributed by atoms with Gasteiger partial charge in [-0.2, -0.15) is 23.5 Å². The van der Waals surface area contributed by atoms with Crippen molar-refractivity contribution in [3.05, 3.63) is 0 Å². The Kier molecular flexibility index (Phi) is 7.96. The molecule has 0 amide bonds. The molecule has 1 aliphatic rings. The topological polar surface area (TPSA) is 24.1 Å². The Morgan fingerprint density at radius 3 is 1.81 bits per heavy atom. The van der Waals surface area contributed by atoms with E-state index in [1.165, 1.54) is 29.4 Å². The second-order valence-corrected chi connectivity index (χ2v) is 7.55. The molecular formula is C12H26N2S2. The van der Waals surface area contributed by atoms with Crippen LogP contribution in [0, 0.1) is 5.41 Å². The van der Waals surface area contributed by atoms with Crippen LogP contribution in [-0.2, 0) is 0 Å². The first-order valence-electron chi connectivity index (χ1n) is 6.28. The summed E-state index contributed by atoms with van der Waals surface area (Å²) in [5.74, 6) is 5.17. The molecule has 2 nitrogen and oxygen atoms in total. The van der Waals surface area contributed by atoms with E-state index in [0.717, 1.165) is 26.2 Å². The first-order valence-corrected chi connectivity index (χ1v) is 8.59. The Morgan fingerprint density at radius 1 is 0.812 bits per heavy atom. The van der Waals surface area contributed by atoms with Crippen LogP contribution in [0.1, 0.15) is 20.3 Å². The fourth-order valence-electron chi connectivity index (χ4n) is 1.67. The molecule has 2 N–H and O–H groups in total. The van der Waals surface area contributed by atoms with Crippen LogP contribution in [0.3, 0.4) is 0 Å². The third-order valence-electron chi connectivity index (χ3n) is 2.63. The second-order valence-electron chi connectivity index (χ2n) is 5.10. The highest BCUT2D eigenvalue weighted by molar-refractivity contribution is 8.00. The van der Waals surface area contributed by atoms with Crippen molar-refractivity contribution in [2.24, 2.45) is 5.41 Å². The highest BCUT2D eigenvalue weighted by Crippen LogP contribution is 2.13. The van der Waals surface area contributed by atoms with Crippen molar-refractivity contribution < 1.29 is 0 Å². The smallest absolute Gasteiger partial charge is 0.00581 e. The molecule has 0 radical (unpaired) electrons. The van der Waals surface area contributed by atoms with Crippen molar-refractivity contribution in [3.8, 4) is 0 Å². The normalized spacial score (nSPS) is 25.9. The summed E-state index contributed by atoms with van der Waals surface area (Å²) in [5, 5.41) is 7.13. The van der Waals surface area contributed by atoms with Crippen LogP contribution < -0.4 is 10.6 Å². The molecule has 0 spiro atoms. The first kappa shape index (κ1) is 14.7. The maximum atomic E-state index is 3.56. The van der Waals surface area contributed by atoms with Gasteiger partial charge < -0.3 is 10.6 Å². The van der Waals surface area contributed by atoms with E-state index in [0.29, 0.717) is 5.41 Å². The fraction of sp³-hybridized carbons (Fsp3) is 1.00. The molecule has 1 saturated heterocycles. The van der Waals surface area contributed by atoms with Crippen molar-refractivity contribution >= 4 is 23.5 Å². The molecule has 0 bridgehead atoms. The molecule has 1 rings (SSSR count). The zero-order valence-electron chi connectivity index (χ0n) is 10.7. The third-order valence-corrected chi connectivity index (χ3v) is 4.77. The number of nitrogens with one attached hydrogen (secondary N) is 2. The van der Waals surface area contributed by atoms with Gasteiger partial charge in [0.25, 0.3) is 0 Å². The summed E-state index contributed by atoms with van der Waals surface area (Å²) in [4.78, 5) is 0. The van der Waals surface area contributed by atoms with E-state index in [4.69, 9.17) is 0 Å². The van der Waals surface area contributed by atoms with Gasteiger partial charge in [0.15, 0.2) is 0 Å². The van der Waals surface area contributed by atoms with Gasteiger partial charge in [0.2, 0.25) is 0 Å². The molecule has 4 heteroatoms. The highest BCUT2D eigenvalue weighted by atomic mass is 32.2.